The van der Waals surface area contributed by atoms with Crippen LogP contribution in [0.2, 0.25) is 0 Å². The first-order chi connectivity index (χ1) is 10.0. The lowest BCUT2D eigenvalue weighted by Crippen LogP contribution is -2.15. The van der Waals surface area contributed by atoms with Gasteiger partial charge in [-0.2, -0.15) is 0 Å². The molecule has 112 valence electrons. The molecule has 0 aliphatic heterocycles. The van der Waals surface area contributed by atoms with Crippen LogP contribution < -0.4 is 4.72 Å². The highest BCUT2D eigenvalue weighted by atomic mass is 32.2. The minimum atomic E-state index is -3.60. The quantitative estimate of drug-likeness (QED) is 0.890. The van der Waals surface area contributed by atoms with E-state index in [1.807, 2.05) is 25.1 Å². The Morgan fingerprint density at radius 2 is 1.71 bits per heavy atom. The second-order valence-electron chi connectivity index (χ2n) is 4.67. The Morgan fingerprint density at radius 3 is 2.43 bits per heavy atom. The van der Waals surface area contributed by atoms with Crippen LogP contribution in [-0.2, 0) is 21.4 Å². The molecule has 2 aromatic carbocycles. The lowest BCUT2D eigenvalue weighted by atomic mass is 10.2. The Morgan fingerprint density at radius 1 is 1.05 bits per heavy atom. The molecule has 0 amide bonds. The first-order valence-corrected chi connectivity index (χ1v) is 8.27. The zero-order valence-corrected chi connectivity index (χ0v) is 13.0. The number of anilines is 1. The number of para-hydroxylation sites is 1. The van der Waals surface area contributed by atoms with Gasteiger partial charge in [0.15, 0.2) is 0 Å². The van der Waals surface area contributed by atoms with E-state index >= 15 is 0 Å². The van der Waals surface area contributed by atoms with Gasteiger partial charge in [-0.05, 0) is 31.5 Å². The van der Waals surface area contributed by atoms with Crippen LogP contribution in [0.3, 0.4) is 0 Å². The molecule has 0 bridgehead atoms. The van der Waals surface area contributed by atoms with Gasteiger partial charge in [0.2, 0.25) is 0 Å². The van der Waals surface area contributed by atoms with Crippen LogP contribution in [-0.4, -0.2) is 15.0 Å². The van der Waals surface area contributed by atoms with E-state index in [1.165, 1.54) is 0 Å². The van der Waals surface area contributed by atoms with Crippen molar-refractivity contribution in [3.63, 3.8) is 0 Å². The summed E-state index contributed by atoms with van der Waals surface area (Å²) in [6.45, 7) is 4.64. The first-order valence-electron chi connectivity index (χ1n) is 6.78. The van der Waals surface area contributed by atoms with Gasteiger partial charge in [-0.3, -0.25) is 4.72 Å². The number of aryl methyl sites for hydroxylation is 1. The van der Waals surface area contributed by atoms with E-state index < -0.39 is 10.0 Å². The monoisotopic (exact) mass is 305 g/mol. The molecular formula is C16H19NO3S. The fraction of sp³-hybridized carbons (Fsp3) is 0.250. The average molecular weight is 305 g/mol. The Kier molecular flexibility index (Phi) is 4.98. The third-order valence-electron chi connectivity index (χ3n) is 3.11. The van der Waals surface area contributed by atoms with Crippen molar-refractivity contribution in [2.45, 2.75) is 25.3 Å². The molecule has 2 aromatic rings. The van der Waals surface area contributed by atoms with Gasteiger partial charge in [-0.15, -0.1) is 0 Å². The molecule has 0 saturated carbocycles. The van der Waals surface area contributed by atoms with E-state index in [2.05, 4.69) is 4.72 Å². The van der Waals surface area contributed by atoms with E-state index in [4.69, 9.17) is 4.74 Å². The Labute approximate surface area is 125 Å². The maximum absolute atomic E-state index is 12.5. The molecule has 0 fully saturated rings. The fourth-order valence-corrected chi connectivity index (χ4v) is 3.36. The molecule has 0 aromatic heterocycles. The van der Waals surface area contributed by atoms with Crippen molar-refractivity contribution in [3.8, 4) is 0 Å². The molecule has 5 heteroatoms. The van der Waals surface area contributed by atoms with Gasteiger partial charge in [0.1, 0.15) is 0 Å². The average Bonchev–Trinajstić information content (AvgIpc) is 2.46. The second kappa shape index (κ2) is 6.74. The number of rotatable bonds is 6. The summed E-state index contributed by atoms with van der Waals surface area (Å²) in [5.74, 6) is 0. The van der Waals surface area contributed by atoms with E-state index in [9.17, 15) is 8.42 Å². The largest absolute Gasteiger partial charge is 0.377 e. The van der Waals surface area contributed by atoms with Gasteiger partial charge in [0.25, 0.3) is 10.0 Å². The summed E-state index contributed by atoms with van der Waals surface area (Å²) in [4.78, 5) is 0.288. The number of ether oxygens (including phenoxy) is 1. The predicted octanol–water partition coefficient (Wildman–Crippen LogP) is 3.33. The third-order valence-corrected chi connectivity index (χ3v) is 4.63. The molecule has 1 N–H and O–H groups in total. The molecule has 0 atom stereocenters. The summed E-state index contributed by atoms with van der Waals surface area (Å²) >= 11 is 0. The molecule has 4 nitrogen and oxygen atoms in total. The van der Waals surface area contributed by atoms with E-state index in [0.717, 1.165) is 5.56 Å². The van der Waals surface area contributed by atoms with Crippen molar-refractivity contribution in [3.05, 3.63) is 59.7 Å². The third kappa shape index (κ3) is 3.83. The number of hydrogen-bond donors (Lipinski definition) is 1. The lowest BCUT2D eigenvalue weighted by molar-refractivity contribution is 0.134. The summed E-state index contributed by atoms with van der Waals surface area (Å²) < 4.78 is 33.0. The van der Waals surface area contributed by atoms with Crippen LogP contribution in [0.25, 0.3) is 0 Å². The molecule has 0 unspecified atom stereocenters. The first kappa shape index (κ1) is 15.5. The van der Waals surface area contributed by atoms with E-state index in [0.29, 0.717) is 24.5 Å². The van der Waals surface area contributed by atoms with Gasteiger partial charge in [0, 0.05) is 12.2 Å². The van der Waals surface area contributed by atoms with Crippen molar-refractivity contribution in [1.82, 2.24) is 0 Å². The number of nitrogens with one attached hydrogen (secondary N) is 1. The van der Waals surface area contributed by atoms with Crippen LogP contribution in [0.1, 0.15) is 18.1 Å². The number of benzene rings is 2. The topological polar surface area (TPSA) is 55.4 Å². The summed E-state index contributed by atoms with van der Waals surface area (Å²) in [7, 11) is -3.60. The molecule has 0 aliphatic rings. The van der Waals surface area contributed by atoms with Gasteiger partial charge >= 0.3 is 0 Å². The van der Waals surface area contributed by atoms with Crippen molar-refractivity contribution in [2.75, 3.05) is 11.3 Å². The molecule has 21 heavy (non-hydrogen) atoms. The maximum Gasteiger partial charge on any atom is 0.262 e. The van der Waals surface area contributed by atoms with Crippen molar-refractivity contribution >= 4 is 15.7 Å². The number of sulfonamides is 1. The fourth-order valence-electron chi connectivity index (χ4n) is 2.02. The van der Waals surface area contributed by atoms with Gasteiger partial charge in [-0.25, -0.2) is 8.42 Å². The summed E-state index contributed by atoms with van der Waals surface area (Å²) in [6.07, 6.45) is 0. The second-order valence-corrected chi connectivity index (χ2v) is 6.32. The summed E-state index contributed by atoms with van der Waals surface area (Å²) in [5, 5.41) is 0. The maximum atomic E-state index is 12.5. The zero-order chi connectivity index (χ0) is 15.3. The Balaban J connectivity index is 2.31. The normalized spacial score (nSPS) is 11.3. The standard InChI is InChI=1S/C16H19NO3S/c1-3-20-12-14-9-5-6-10-15(14)17-21(18,19)16-11-7-4-8-13(16)2/h4-11,17H,3,12H2,1-2H3. The molecule has 0 saturated heterocycles. The Bertz CT molecular complexity index is 711. The van der Waals surface area contributed by atoms with Crippen molar-refractivity contribution in [1.29, 1.82) is 0 Å². The zero-order valence-electron chi connectivity index (χ0n) is 12.2. The van der Waals surface area contributed by atoms with Crippen LogP contribution in [0.15, 0.2) is 53.4 Å². The molecule has 0 heterocycles. The summed E-state index contributed by atoms with van der Waals surface area (Å²) in [6, 6.07) is 14.2. The van der Waals surface area contributed by atoms with Gasteiger partial charge < -0.3 is 4.74 Å². The molecule has 2 rings (SSSR count). The van der Waals surface area contributed by atoms with Crippen molar-refractivity contribution < 1.29 is 13.2 Å². The van der Waals surface area contributed by atoms with Crippen LogP contribution >= 0.6 is 0 Å². The van der Waals surface area contributed by atoms with Crippen molar-refractivity contribution in [2.24, 2.45) is 0 Å². The molecule has 0 radical (unpaired) electrons. The SMILES string of the molecule is CCOCc1ccccc1NS(=O)(=O)c1ccccc1C. The highest BCUT2D eigenvalue weighted by molar-refractivity contribution is 7.92. The highest BCUT2D eigenvalue weighted by Gasteiger charge is 2.17. The minimum absolute atomic E-state index is 0.288. The van der Waals surface area contributed by atoms with Gasteiger partial charge in [0.05, 0.1) is 17.2 Å². The van der Waals surface area contributed by atoms with E-state index in [-0.39, 0.29) is 4.90 Å². The molecule has 0 spiro atoms. The predicted molar refractivity (Wildman–Crippen MR) is 83.8 cm³/mol. The minimum Gasteiger partial charge on any atom is -0.377 e. The smallest absolute Gasteiger partial charge is 0.262 e. The van der Waals surface area contributed by atoms with E-state index in [1.54, 1.807) is 37.3 Å². The van der Waals surface area contributed by atoms with Gasteiger partial charge in [-0.1, -0.05) is 36.4 Å². The number of hydrogen-bond acceptors (Lipinski definition) is 3. The van der Waals surface area contributed by atoms with Crippen LogP contribution in [0, 0.1) is 6.92 Å². The van der Waals surface area contributed by atoms with Crippen LogP contribution in [0.5, 0.6) is 0 Å². The summed E-state index contributed by atoms with van der Waals surface area (Å²) in [5.41, 5.74) is 2.08. The molecular weight excluding hydrogens is 286 g/mol. The van der Waals surface area contributed by atoms with Crippen LogP contribution in [0.4, 0.5) is 5.69 Å². The molecule has 0 aliphatic carbocycles. The Hall–Kier alpha value is -1.85. The lowest BCUT2D eigenvalue weighted by Gasteiger charge is -2.13. The highest BCUT2D eigenvalue weighted by Crippen LogP contribution is 2.22.